The quantitative estimate of drug-likeness (QED) is 0.447. The molecule has 1 aromatic heterocycles. The van der Waals surface area contributed by atoms with E-state index in [1.54, 1.807) is 18.2 Å². The lowest BCUT2D eigenvalue weighted by Crippen LogP contribution is -2.35. The van der Waals surface area contributed by atoms with Crippen molar-refractivity contribution in [2.24, 2.45) is 0 Å². The molecule has 2 rings (SSSR count). The van der Waals surface area contributed by atoms with Gasteiger partial charge in [-0.3, -0.25) is 9.69 Å². The second-order valence-electron chi connectivity index (χ2n) is 6.79. The van der Waals surface area contributed by atoms with Crippen LogP contribution in [0.2, 0.25) is 0 Å². The van der Waals surface area contributed by atoms with Crippen LogP contribution >= 0.6 is 0 Å². The summed E-state index contributed by atoms with van der Waals surface area (Å²) in [6, 6.07) is 10.6. The molecule has 1 atom stereocenters. The Bertz CT molecular complexity index is 760. The summed E-state index contributed by atoms with van der Waals surface area (Å²) in [5.74, 6) is -0.523. The summed E-state index contributed by atoms with van der Waals surface area (Å²) in [7, 11) is 0. The second-order valence-corrected chi connectivity index (χ2v) is 6.79. The normalized spacial score (nSPS) is 12.1. The molecule has 0 bridgehead atoms. The van der Waals surface area contributed by atoms with Crippen LogP contribution in [0.1, 0.15) is 31.0 Å². The van der Waals surface area contributed by atoms with E-state index in [1.807, 2.05) is 40.8 Å². The standard InChI is InChI=1S/C22H29FN2O3/c1-3-8-22(27)28-17-20(26)16-24(12-4-2)15-19-10-7-13-25(19)14-18-9-5-6-11-21(18)23/h4-7,9-11,13,20,26H,2-3,8,12,14-17H2,1H3/t20-/m1/s1. The Kier molecular flexibility index (Phi) is 8.91. The Balaban J connectivity index is 1.97. The van der Waals surface area contributed by atoms with Gasteiger partial charge >= 0.3 is 5.97 Å². The molecule has 0 saturated carbocycles. The number of benzene rings is 1. The lowest BCUT2D eigenvalue weighted by Gasteiger charge is -2.24. The molecule has 0 fully saturated rings. The first-order valence-electron chi connectivity index (χ1n) is 9.57. The van der Waals surface area contributed by atoms with E-state index in [2.05, 4.69) is 6.58 Å². The third-order valence-electron chi connectivity index (χ3n) is 4.35. The highest BCUT2D eigenvalue weighted by atomic mass is 19.1. The number of esters is 1. The number of rotatable bonds is 12. The fourth-order valence-electron chi connectivity index (χ4n) is 2.99. The summed E-state index contributed by atoms with van der Waals surface area (Å²) in [4.78, 5) is 13.5. The molecule has 152 valence electrons. The SMILES string of the molecule is C=CCN(Cc1cccn1Cc1ccccc1F)C[C@@H](O)COC(=O)CCC. The first-order valence-corrected chi connectivity index (χ1v) is 9.57. The monoisotopic (exact) mass is 388 g/mol. The zero-order valence-electron chi connectivity index (χ0n) is 16.4. The van der Waals surface area contributed by atoms with Crippen LogP contribution in [-0.4, -0.2) is 46.3 Å². The molecule has 1 N–H and O–H groups in total. The maximum absolute atomic E-state index is 14.0. The van der Waals surface area contributed by atoms with E-state index in [-0.39, 0.29) is 18.4 Å². The van der Waals surface area contributed by atoms with Gasteiger partial charge < -0.3 is 14.4 Å². The number of carbonyl (C=O) groups is 1. The summed E-state index contributed by atoms with van der Waals surface area (Å²) in [6.45, 7) is 7.57. The van der Waals surface area contributed by atoms with Gasteiger partial charge in [-0.1, -0.05) is 31.2 Å². The van der Waals surface area contributed by atoms with E-state index in [0.717, 1.165) is 12.1 Å². The molecule has 0 unspecified atom stereocenters. The molecule has 0 aliphatic carbocycles. The minimum atomic E-state index is -0.782. The van der Waals surface area contributed by atoms with Crippen molar-refractivity contribution in [3.8, 4) is 0 Å². The number of aliphatic hydroxyl groups is 1. The van der Waals surface area contributed by atoms with Crippen LogP contribution in [0, 0.1) is 5.82 Å². The van der Waals surface area contributed by atoms with Gasteiger partial charge in [-0.05, 0) is 24.6 Å². The van der Waals surface area contributed by atoms with E-state index < -0.39 is 6.10 Å². The number of hydrogen-bond acceptors (Lipinski definition) is 4. The minimum absolute atomic E-state index is 0.0251. The Morgan fingerprint density at radius 3 is 2.86 bits per heavy atom. The largest absolute Gasteiger partial charge is 0.463 e. The molecule has 0 radical (unpaired) electrons. The van der Waals surface area contributed by atoms with E-state index in [4.69, 9.17) is 4.74 Å². The number of carbonyl (C=O) groups excluding carboxylic acids is 1. The molecule has 0 spiro atoms. The van der Waals surface area contributed by atoms with Gasteiger partial charge in [0.05, 0.1) is 6.54 Å². The zero-order valence-corrected chi connectivity index (χ0v) is 16.4. The van der Waals surface area contributed by atoms with Crippen molar-refractivity contribution in [2.75, 3.05) is 19.7 Å². The Hall–Kier alpha value is -2.44. The number of halogens is 1. The van der Waals surface area contributed by atoms with Gasteiger partial charge in [0.1, 0.15) is 18.5 Å². The van der Waals surface area contributed by atoms with Crippen molar-refractivity contribution in [1.29, 1.82) is 0 Å². The van der Waals surface area contributed by atoms with Crippen LogP contribution in [-0.2, 0) is 22.6 Å². The minimum Gasteiger partial charge on any atom is -0.463 e. The molecule has 6 heteroatoms. The van der Waals surface area contributed by atoms with Crippen LogP contribution in [0.4, 0.5) is 4.39 Å². The van der Waals surface area contributed by atoms with Gasteiger partial charge in [-0.2, -0.15) is 0 Å². The van der Waals surface area contributed by atoms with Crippen molar-refractivity contribution in [2.45, 2.75) is 39.0 Å². The molecular weight excluding hydrogens is 359 g/mol. The summed E-state index contributed by atoms with van der Waals surface area (Å²) < 4.78 is 21.0. The third kappa shape index (κ3) is 6.94. The Morgan fingerprint density at radius 2 is 2.14 bits per heavy atom. The van der Waals surface area contributed by atoms with Crippen LogP contribution in [0.15, 0.2) is 55.3 Å². The van der Waals surface area contributed by atoms with E-state index in [1.165, 1.54) is 6.07 Å². The fraction of sp³-hybridized carbons (Fsp3) is 0.409. The second kappa shape index (κ2) is 11.4. The summed E-state index contributed by atoms with van der Waals surface area (Å²) in [6.07, 6.45) is 3.97. The number of aromatic nitrogens is 1. The van der Waals surface area contributed by atoms with E-state index >= 15 is 0 Å². The van der Waals surface area contributed by atoms with Crippen LogP contribution in [0.3, 0.4) is 0 Å². The molecular formula is C22H29FN2O3. The summed E-state index contributed by atoms with van der Waals surface area (Å²) in [5, 5.41) is 10.2. The molecule has 0 aliphatic heterocycles. The van der Waals surface area contributed by atoms with Gasteiger partial charge in [0, 0.05) is 43.5 Å². The molecule has 0 amide bonds. The predicted molar refractivity (Wildman–Crippen MR) is 107 cm³/mol. The molecule has 2 aromatic rings. The summed E-state index contributed by atoms with van der Waals surface area (Å²) in [5.41, 5.74) is 1.62. The molecule has 1 aromatic carbocycles. The number of hydrogen-bond donors (Lipinski definition) is 1. The third-order valence-corrected chi connectivity index (χ3v) is 4.35. The lowest BCUT2D eigenvalue weighted by atomic mass is 10.2. The average Bonchev–Trinajstić information content (AvgIpc) is 3.09. The van der Waals surface area contributed by atoms with Gasteiger partial charge in [-0.15, -0.1) is 6.58 Å². The molecule has 28 heavy (non-hydrogen) atoms. The summed E-state index contributed by atoms with van der Waals surface area (Å²) >= 11 is 0. The van der Waals surface area contributed by atoms with Gasteiger partial charge in [0.25, 0.3) is 0 Å². The Labute approximate surface area is 166 Å². The van der Waals surface area contributed by atoms with E-state index in [9.17, 15) is 14.3 Å². The van der Waals surface area contributed by atoms with Crippen molar-refractivity contribution >= 4 is 5.97 Å². The smallest absolute Gasteiger partial charge is 0.305 e. The number of nitrogens with zero attached hydrogens (tertiary/aromatic N) is 2. The number of ether oxygens (including phenoxy) is 1. The maximum Gasteiger partial charge on any atom is 0.305 e. The highest BCUT2D eigenvalue weighted by Gasteiger charge is 2.15. The highest BCUT2D eigenvalue weighted by Crippen LogP contribution is 2.13. The van der Waals surface area contributed by atoms with Crippen molar-refractivity contribution in [3.05, 3.63) is 72.3 Å². The lowest BCUT2D eigenvalue weighted by molar-refractivity contribution is -0.147. The first-order chi connectivity index (χ1) is 13.5. The van der Waals surface area contributed by atoms with Gasteiger partial charge in [0.2, 0.25) is 0 Å². The molecule has 5 nitrogen and oxygen atoms in total. The Morgan fingerprint density at radius 1 is 1.36 bits per heavy atom. The number of aliphatic hydroxyl groups excluding tert-OH is 1. The highest BCUT2D eigenvalue weighted by molar-refractivity contribution is 5.69. The first kappa shape index (κ1) is 21.9. The van der Waals surface area contributed by atoms with Gasteiger partial charge in [0.15, 0.2) is 0 Å². The average molecular weight is 388 g/mol. The van der Waals surface area contributed by atoms with Crippen LogP contribution in [0.5, 0.6) is 0 Å². The van der Waals surface area contributed by atoms with Crippen LogP contribution in [0.25, 0.3) is 0 Å². The molecule has 0 saturated heterocycles. The van der Waals surface area contributed by atoms with Gasteiger partial charge in [-0.25, -0.2) is 4.39 Å². The van der Waals surface area contributed by atoms with Crippen LogP contribution < -0.4 is 0 Å². The van der Waals surface area contributed by atoms with Crippen molar-refractivity contribution < 1.29 is 19.0 Å². The van der Waals surface area contributed by atoms with E-state index in [0.29, 0.717) is 38.2 Å². The van der Waals surface area contributed by atoms with Crippen molar-refractivity contribution in [1.82, 2.24) is 9.47 Å². The maximum atomic E-state index is 14.0. The predicted octanol–water partition coefficient (Wildman–Crippen LogP) is 3.37. The fourth-order valence-corrected chi connectivity index (χ4v) is 2.99. The van der Waals surface area contributed by atoms with Crippen molar-refractivity contribution in [3.63, 3.8) is 0 Å². The zero-order chi connectivity index (χ0) is 20.4. The topological polar surface area (TPSA) is 54.7 Å². The molecule has 0 aliphatic rings. The molecule has 1 heterocycles.